The van der Waals surface area contributed by atoms with Gasteiger partial charge in [0.25, 0.3) is 11.6 Å². The molecule has 7 nitrogen and oxygen atoms in total. The number of carbonyl (C=O) groups excluding carboxylic acids is 1. The predicted molar refractivity (Wildman–Crippen MR) is 90.3 cm³/mol. The van der Waals surface area contributed by atoms with Crippen LogP contribution in [0.5, 0.6) is 11.5 Å². The maximum absolute atomic E-state index is 12.4. The van der Waals surface area contributed by atoms with Crippen LogP contribution in [-0.2, 0) is 0 Å². The van der Waals surface area contributed by atoms with Gasteiger partial charge in [0.2, 0.25) is 0 Å². The number of hydrogen-bond donors (Lipinski definition) is 1. The molecule has 0 saturated carbocycles. The van der Waals surface area contributed by atoms with E-state index in [1.54, 1.807) is 6.92 Å². The zero-order valence-corrected chi connectivity index (χ0v) is 14.0. The highest BCUT2D eigenvalue weighted by molar-refractivity contribution is 6.32. The number of nitro groups is 1. The molecule has 126 valence electrons. The lowest BCUT2D eigenvalue weighted by Gasteiger charge is -2.13. The number of ether oxygens (including phenoxy) is 2. The van der Waals surface area contributed by atoms with Gasteiger partial charge in [-0.3, -0.25) is 14.9 Å². The van der Waals surface area contributed by atoms with E-state index in [1.165, 1.54) is 44.6 Å². The summed E-state index contributed by atoms with van der Waals surface area (Å²) in [6, 6.07) is 7.28. The van der Waals surface area contributed by atoms with Gasteiger partial charge in [-0.25, -0.2) is 0 Å². The Bertz CT molecular complexity index is 807. The largest absolute Gasteiger partial charge is 0.495 e. The van der Waals surface area contributed by atoms with Gasteiger partial charge in [0.05, 0.1) is 29.9 Å². The molecular formula is C16H15ClN2O5. The molecule has 2 rings (SSSR count). The highest BCUT2D eigenvalue weighted by Gasteiger charge is 2.17. The standard InChI is InChI=1S/C16H15ClN2O5/c1-9-4-5-10(6-13(9)19(21)22)16(20)18-12-8-14(23-2)11(17)7-15(12)24-3/h4-8H,1-3H3,(H,18,20). The van der Waals surface area contributed by atoms with Crippen LogP contribution in [0.15, 0.2) is 30.3 Å². The molecule has 8 heteroatoms. The van der Waals surface area contributed by atoms with E-state index in [9.17, 15) is 14.9 Å². The molecule has 0 fully saturated rings. The van der Waals surface area contributed by atoms with E-state index >= 15 is 0 Å². The van der Waals surface area contributed by atoms with Crippen LogP contribution in [0.3, 0.4) is 0 Å². The number of amides is 1. The van der Waals surface area contributed by atoms with E-state index in [1.807, 2.05) is 0 Å². The molecule has 0 aliphatic carbocycles. The average Bonchev–Trinajstić information content (AvgIpc) is 2.55. The highest BCUT2D eigenvalue weighted by Crippen LogP contribution is 2.36. The lowest BCUT2D eigenvalue weighted by Crippen LogP contribution is -2.13. The molecule has 0 spiro atoms. The molecule has 2 aromatic rings. The first-order valence-corrected chi connectivity index (χ1v) is 7.23. The van der Waals surface area contributed by atoms with Gasteiger partial charge >= 0.3 is 0 Å². The number of nitrogens with zero attached hydrogens (tertiary/aromatic N) is 1. The second kappa shape index (κ2) is 7.18. The van der Waals surface area contributed by atoms with Crippen LogP contribution in [0.4, 0.5) is 11.4 Å². The number of hydrogen-bond acceptors (Lipinski definition) is 5. The number of anilines is 1. The van der Waals surface area contributed by atoms with Gasteiger partial charge in [0.1, 0.15) is 11.5 Å². The van der Waals surface area contributed by atoms with Crippen molar-refractivity contribution in [2.75, 3.05) is 19.5 Å². The highest BCUT2D eigenvalue weighted by atomic mass is 35.5. The number of rotatable bonds is 5. The quantitative estimate of drug-likeness (QED) is 0.653. The van der Waals surface area contributed by atoms with Crippen molar-refractivity contribution >= 4 is 28.9 Å². The Morgan fingerprint density at radius 2 is 1.83 bits per heavy atom. The van der Waals surface area contributed by atoms with Crippen LogP contribution in [-0.4, -0.2) is 25.1 Å². The number of carbonyl (C=O) groups is 1. The average molecular weight is 351 g/mol. The van der Waals surface area contributed by atoms with Crippen molar-refractivity contribution in [1.29, 1.82) is 0 Å². The molecule has 0 aliphatic heterocycles. The zero-order valence-electron chi connectivity index (χ0n) is 13.3. The second-order valence-corrected chi connectivity index (χ2v) is 5.31. The van der Waals surface area contributed by atoms with Crippen molar-refractivity contribution in [2.45, 2.75) is 6.92 Å². The minimum atomic E-state index is -0.530. The van der Waals surface area contributed by atoms with Crippen molar-refractivity contribution in [3.8, 4) is 11.5 Å². The van der Waals surface area contributed by atoms with Crippen molar-refractivity contribution in [3.63, 3.8) is 0 Å². The molecule has 0 saturated heterocycles. The van der Waals surface area contributed by atoms with Crippen molar-refractivity contribution < 1.29 is 19.2 Å². The lowest BCUT2D eigenvalue weighted by molar-refractivity contribution is -0.385. The summed E-state index contributed by atoms with van der Waals surface area (Å²) >= 11 is 6.01. The molecular weight excluding hydrogens is 336 g/mol. The predicted octanol–water partition coefficient (Wildman–Crippen LogP) is 3.83. The minimum absolute atomic E-state index is 0.122. The van der Waals surface area contributed by atoms with Crippen LogP contribution in [0.2, 0.25) is 5.02 Å². The second-order valence-electron chi connectivity index (χ2n) is 4.90. The summed E-state index contributed by atoms with van der Waals surface area (Å²) in [5, 5.41) is 14.0. The molecule has 1 amide bonds. The molecule has 0 bridgehead atoms. The maximum Gasteiger partial charge on any atom is 0.273 e. The van der Waals surface area contributed by atoms with Crippen molar-refractivity contribution in [1.82, 2.24) is 0 Å². The van der Waals surface area contributed by atoms with E-state index in [2.05, 4.69) is 5.32 Å². The van der Waals surface area contributed by atoms with Crippen LogP contribution in [0.25, 0.3) is 0 Å². The smallest absolute Gasteiger partial charge is 0.273 e. The first kappa shape index (κ1) is 17.6. The van der Waals surface area contributed by atoms with Gasteiger partial charge in [-0.2, -0.15) is 0 Å². The topological polar surface area (TPSA) is 90.7 Å². The molecule has 0 unspecified atom stereocenters. The summed E-state index contributed by atoms with van der Waals surface area (Å²) in [7, 11) is 2.88. The first-order valence-electron chi connectivity index (χ1n) is 6.85. The monoisotopic (exact) mass is 350 g/mol. The molecule has 0 radical (unpaired) electrons. The van der Waals surface area contributed by atoms with Gasteiger partial charge in [-0.15, -0.1) is 0 Å². The Kier molecular flexibility index (Phi) is 5.25. The molecule has 1 N–H and O–H groups in total. The Labute approximate surface area is 143 Å². The molecule has 0 heterocycles. The number of nitro benzene ring substituents is 1. The van der Waals surface area contributed by atoms with Crippen LogP contribution < -0.4 is 14.8 Å². The first-order chi connectivity index (χ1) is 11.4. The van der Waals surface area contributed by atoms with Crippen molar-refractivity contribution in [2.24, 2.45) is 0 Å². The third-order valence-electron chi connectivity index (χ3n) is 3.39. The number of benzene rings is 2. The van der Waals surface area contributed by atoms with Crippen LogP contribution in [0.1, 0.15) is 15.9 Å². The number of nitrogens with one attached hydrogen (secondary N) is 1. The SMILES string of the molecule is COc1cc(NC(=O)c2ccc(C)c([N+](=O)[O-])c2)c(OC)cc1Cl. The fraction of sp³-hybridized carbons (Fsp3) is 0.188. The summed E-state index contributed by atoms with van der Waals surface area (Å²) in [6.45, 7) is 1.60. The summed E-state index contributed by atoms with van der Waals surface area (Å²) in [5.41, 5.74) is 0.848. The van der Waals surface area contributed by atoms with Crippen LogP contribution in [0, 0.1) is 17.0 Å². The van der Waals surface area contributed by atoms with E-state index in [4.69, 9.17) is 21.1 Å². The van der Waals surface area contributed by atoms with Gasteiger partial charge < -0.3 is 14.8 Å². The van der Waals surface area contributed by atoms with Gasteiger partial charge in [-0.1, -0.05) is 17.7 Å². The minimum Gasteiger partial charge on any atom is -0.495 e. The van der Waals surface area contributed by atoms with E-state index in [-0.39, 0.29) is 11.3 Å². The van der Waals surface area contributed by atoms with Crippen LogP contribution >= 0.6 is 11.6 Å². The molecule has 0 atom stereocenters. The number of methoxy groups -OCH3 is 2. The maximum atomic E-state index is 12.4. The van der Waals surface area contributed by atoms with Crippen molar-refractivity contribution in [3.05, 3.63) is 56.6 Å². The summed E-state index contributed by atoms with van der Waals surface area (Å²) < 4.78 is 10.3. The Balaban J connectivity index is 2.36. The normalized spacial score (nSPS) is 10.2. The summed E-state index contributed by atoms with van der Waals surface area (Å²) in [4.78, 5) is 22.9. The third kappa shape index (κ3) is 3.57. The van der Waals surface area contributed by atoms with Gasteiger partial charge in [0.15, 0.2) is 0 Å². The fourth-order valence-corrected chi connectivity index (χ4v) is 2.33. The van der Waals surface area contributed by atoms with E-state index < -0.39 is 10.8 Å². The molecule has 0 aromatic heterocycles. The van der Waals surface area contributed by atoms with Gasteiger partial charge in [0, 0.05) is 29.3 Å². The molecule has 24 heavy (non-hydrogen) atoms. The Morgan fingerprint density at radius 1 is 1.17 bits per heavy atom. The van der Waals surface area contributed by atoms with E-state index in [0.29, 0.717) is 27.8 Å². The Hall–Kier alpha value is -2.80. The van der Waals surface area contributed by atoms with E-state index in [0.717, 1.165) is 0 Å². The third-order valence-corrected chi connectivity index (χ3v) is 3.69. The zero-order chi connectivity index (χ0) is 17.9. The fourth-order valence-electron chi connectivity index (χ4n) is 2.10. The van der Waals surface area contributed by atoms with Gasteiger partial charge in [-0.05, 0) is 13.0 Å². The summed E-state index contributed by atoms with van der Waals surface area (Å²) in [5.74, 6) is 0.194. The lowest BCUT2D eigenvalue weighted by atomic mass is 10.1. The Morgan fingerprint density at radius 3 is 2.42 bits per heavy atom. The number of halogens is 1. The molecule has 2 aromatic carbocycles. The molecule has 0 aliphatic rings. The summed E-state index contributed by atoms with van der Waals surface area (Å²) in [6.07, 6.45) is 0. The number of aryl methyl sites for hydroxylation is 1.